The lowest BCUT2D eigenvalue weighted by Crippen LogP contribution is -2.38. The number of nitrogens with zero attached hydrogens (tertiary/aromatic N) is 1. The predicted molar refractivity (Wildman–Crippen MR) is 93.2 cm³/mol. The summed E-state index contributed by atoms with van der Waals surface area (Å²) in [7, 11) is 0. The smallest absolute Gasteiger partial charge is 0.237 e. The molecule has 0 saturated heterocycles. The third-order valence-electron chi connectivity index (χ3n) is 3.92. The van der Waals surface area contributed by atoms with Gasteiger partial charge in [-0.1, -0.05) is 19.9 Å². The first kappa shape index (κ1) is 17.4. The van der Waals surface area contributed by atoms with Gasteiger partial charge in [0.15, 0.2) is 11.5 Å². The van der Waals surface area contributed by atoms with Gasteiger partial charge in [0.2, 0.25) is 12.7 Å². The standard InChI is InChI=1S/C19H24N2O4/c1-14(2)9-20-10-19(22)21(12-16-4-3-7-23-16)11-15-5-6-17-18(8-15)25-13-24-17/h3-8,14,20H,9-13H2,1-2H3. The molecule has 3 rings (SSSR count). The summed E-state index contributed by atoms with van der Waals surface area (Å²) in [6, 6.07) is 9.46. The van der Waals surface area contributed by atoms with E-state index in [-0.39, 0.29) is 12.7 Å². The van der Waals surface area contributed by atoms with Crippen LogP contribution in [0.2, 0.25) is 0 Å². The Morgan fingerprint density at radius 2 is 2.04 bits per heavy atom. The number of fused-ring (bicyclic) bond motifs is 1. The van der Waals surface area contributed by atoms with Crippen LogP contribution in [0.5, 0.6) is 11.5 Å². The number of rotatable bonds is 8. The van der Waals surface area contributed by atoms with Crippen molar-refractivity contribution in [2.24, 2.45) is 5.92 Å². The maximum absolute atomic E-state index is 12.7. The van der Waals surface area contributed by atoms with E-state index in [2.05, 4.69) is 19.2 Å². The highest BCUT2D eigenvalue weighted by atomic mass is 16.7. The maximum atomic E-state index is 12.7. The molecule has 1 aliphatic rings. The van der Waals surface area contributed by atoms with Crippen molar-refractivity contribution in [2.45, 2.75) is 26.9 Å². The van der Waals surface area contributed by atoms with Crippen molar-refractivity contribution in [3.63, 3.8) is 0 Å². The van der Waals surface area contributed by atoms with Crippen LogP contribution in [0.15, 0.2) is 41.0 Å². The fourth-order valence-corrected chi connectivity index (χ4v) is 2.66. The lowest BCUT2D eigenvalue weighted by molar-refractivity contribution is -0.131. The molecule has 0 radical (unpaired) electrons. The molecular formula is C19H24N2O4. The van der Waals surface area contributed by atoms with Gasteiger partial charge in [0.1, 0.15) is 5.76 Å². The Kier molecular flexibility index (Phi) is 5.60. The molecule has 6 nitrogen and oxygen atoms in total. The van der Waals surface area contributed by atoms with E-state index in [9.17, 15) is 4.79 Å². The Morgan fingerprint density at radius 1 is 1.20 bits per heavy atom. The number of benzene rings is 1. The van der Waals surface area contributed by atoms with E-state index in [1.165, 1.54) is 0 Å². The number of carbonyl (C=O) groups is 1. The zero-order valence-corrected chi connectivity index (χ0v) is 14.7. The van der Waals surface area contributed by atoms with Gasteiger partial charge in [-0.05, 0) is 42.3 Å². The number of amides is 1. The van der Waals surface area contributed by atoms with Crippen molar-refractivity contribution in [2.75, 3.05) is 19.9 Å². The maximum Gasteiger partial charge on any atom is 0.237 e. The molecule has 0 fully saturated rings. The van der Waals surface area contributed by atoms with Crippen molar-refractivity contribution in [1.82, 2.24) is 10.2 Å². The quantitative estimate of drug-likeness (QED) is 0.798. The summed E-state index contributed by atoms with van der Waals surface area (Å²) in [5.74, 6) is 2.76. The summed E-state index contributed by atoms with van der Waals surface area (Å²) in [6.07, 6.45) is 1.62. The Labute approximate surface area is 147 Å². The first-order valence-corrected chi connectivity index (χ1v) is 8.51. The molecule has 0 aliphatic carbocycles. The normalized spacial score (nSPS) is 12.6. The second-order valence-corrected chi connectivity index (χ2v) is 6.54. The lowest BCUT2D eigenvalue weighted by Gasteiger charge is -2.22. The molecular weight excluding hydrogens is 320 g/mol. The minimum absolute atomic E-state index is 0.0368. The molecule has 2 heterocycles. The highest BCUT2D eigenvalue weighted by Crippen LogP contribution is 2.32. The summed E-state index contributed by atoms with van der Waals surface area (Å²) in [6.45, 7) is 6.51. The molecule has 0 saturated carbocycles. The molecule has 1 aromatic heterocycles. The van der Waals surface area contributed by atoms with Crippen LogP contribution in [0.1, 0.15) is 25.2 Å². The van der Waals surface area contributed by atoms with E-state index in [0.29, 0.717) is 25.6 Å². The third-order valence-corrected chi connectivity index (χ3v) is 3.92. The van der Waals surface area contributed by atoms with Gasteiger partial charge in [0.05, 0.1) is 19.4 Å². The monoisotopic (exact) mass is 344 g/mol. The molecule has 1 N–H and O–H groups in total. The summed E-state index contributed by atoms with van der Waals surface area (Å²) in [5.41, 5.74) is 0.994. The van der Waals surface area contributed by atoms with Crippen molar-refractivity contribution in [3.05, 3.63) is 47.9 Å². The van der Waals surface area contributed by atoms with Gasteiger partial charge >= 0.3 is 0 Å². The number of ether oxygens (including phenoxy) is 2. The number of nitrogens with one attached hydrogen (secondary N) is 1. The van der Waals surface area contributed by atoms with Crippen LogP contribution in [0.25, 0.3) is 0 Å². The number of hydrogen-bond acceptors (Lipinski definition) is 5. The fraction of sp³-hybridized carbons (Fsp3) is 0.421. The topological polar surface area (TPSA) is 63.9 Å². The number of furan rings is 1. The van der Waals surface area contributed by atoms with E-state index in [4.69, 9.17) is 13.9 Å². The van der Waals surface area contributed by atoms with Gasteiger partial charge in [0.25, 0.3) is 0 Å². The summed E-state index contributed by atoms with van der Waals surface area (Å²) in [4.78, 5) is 14.4. The van der Waals surface area contributed by atoms with E-state index in [1.54, 1.807) is 11.2 Å². The van der Waals surface area contributed by atoms with Gasteiger partial charge in [-0.3, -0.25) is 4.79 Å². The number of carbonyl (C=O) groups excluding carboxylic acids is 1. The minimum atomic E-state index is 0.0368. The second kappa shape index (κ2) is 8.07. The van der Waals surface area contributed by atoms with E-state index < -0.39 is 0 Å². The Morgan fingerprint density at radius 3 is 2.80 bits per heavy atom. The summed E-state index contributed by atoms with van der Waals surface area (Å²) < 4.78 is 16.2. The largest absolute Gasteiger partial charge is 0.467 e. The summed E-state index contributed by atoms with van der Waals surface area (Å²) >= 11 is 0. The van der Waals surface area contributed by atoms with Gasteiger partial charge < -0.3 is 24.1 Å². The molecule has 0 bridgehead atoms. The van der Waals surface area contributed by atoms with Gasteiger partial charge in [-0.15, -0.1) is 0 Å². The van der Waals surface area contributed by atoms with E-state index in [1.807, 2.05) is 30.3 Å². The van der Waals surface area contributed by atoms with Crippen molar-refractivity contribution < 1.29 is 18.7 Å². The molecule has 0 unspecified atom stereocenters. The average Bonchev–Trinajstić information content (AvgIpc) is 3.24. The van der Waals surface area contributed by atoms with Crippen LogP contribution in [-0.2, 0) is 17.9 Å². The molecule has 6 heteroatoms. The average molecular weight is 344 g/mol. The predicted octanol–water partition coefficient (Wildman–Crippen LogP) is 2.78. The van der Waals surface area contributed by atoms with Crippen LogP contribution in [0.3, 0.4) is 0 Å². The zero-order valence-electron chi connectivity index (χ0n) is 14.7. The molecule has 1 aliphatic heterocycles. The molecule has 2 aromatic rings. The van der Waals surface area contributed by atoms with Gasteiger partial charge in [-0.25, -0.2) is 0 Å². The highest BCUT2D eigenvalue weighted by molar-refractivity contribution is 5.78. The van der Waals surface area contributed by atoms with Crippen molar-refractivity contribution >= 4 is 5.91 Å². The first-order chi connectivity index (χ1) is 12.1. The van der Waals surface area contributed by atoms with Crippen molar-refractivity contribution in [1.29, 1.82) is 0 Å². The Hall–Kier alpha value is -2.47. The fourth-order valence-electron chi connectivity index (χ4n) is 2.66. The molecule has 25 heavy (non-hydrogen) atoms. The Bertz CT molecular complexity index is 697. The van der Waals surface area contributed by atoms with Gasteiger partial charge in [-0.2, -0.15) is 0 Å². The Balaban J connectivity index is 1.68. The van der Waals surface area contributed by atoms with Crippen molar-refractivity contribution in [3.8, 4) is 11.5 Å². The summed E-state index contributed by atoms with van der Waals surface area (Å²) in [5, 5.41) is 3.21. The first-order valence-electron chi connectivity index (χ1n) is 8.51. The molecule has 1 aromatic carbocycles. The van der Waals surface area contributed by atoms with E-state index in [0.717, 1.165) is 29.4 Å². The molecule has 0 spiro atoms. The molecule has 134 valence electrons. The van der Waals surface area contributed by atoms with Crippen LogP contribution in [0, 0.1) is 5.92 Å². The third kappa shape index (κ3) is 4.76. The van der Waals surface area contributed by atoms with Crippen LogP contribution in [-0.4, -0.2) is 30.7 Å². The SMILES string of the molecule is CC(C)CNCC(=O)N(Cc1ccc2c(c1)OCO2)Cc1ccco1. The highest BCUT2D eigenvalue weighted by Gasteiger charge is 2.18. The lowest BCUT2D eigenvalue weighted by atomic mass is 10.2. The van der Waals surface area contributed by atoms with Crippen LogP contribution >= 0.6 is 0 Å². The van der Waals surface area contributed by atoms with Gasteiger partial charge in [0, 0.05) is 6.54 Å². The molecule has 1 amide bonds. The minimum Gasteiger partial charge on any atom is -0.467 e. The molecule has 0 atom stereocenters. The van der Waals surface area contributed by atoms with E-state index >= 15 is 0 Å². The van der Waals surface area contributed by atoms with Crippen LogP contribution < -0.4 is 14.8 Å². The zero-order chi connectivity index (χ0) is 17.6. The van der Waals surface area contributed by atoms with Crippen LogP contribution in [0.4, 0.5) is 0 Å². The number of hydrogen-bond donors (Lipinski definition) is 1. The second-order valence-electron chi connectivity index (χ2n) is 6.54.